The van der Waals surface area contributed by atoms with Crippen LogP contribution in [-0.4, -0.2) is 16.0 Å². The Balaban J connectivity index is 1.64. The zero-order chi connectivity index (χ0) is 15.8. The molecule has 1 heterocycles. The Morgan fingerprint density at radius 3 is 2.83 bits per heavy atom. The van der Waals surface area contributed by atoms with Crippen molar-refractivity contribution in [2.75, 3.05) is 5.32 Å². The lowest BCUT2D eigenvalue weighted by Gasteiger charge is -2.07. The van der Waals surface area contributed by atoms with Crippen molar-refractivity contribution in [2.24, 2.45) is 0 Å². The van der Waals surface area contributed by atoms with Gasteiger partial charge in [0, 0.05) is 10.3 Å². The van der Waals surface area contributed by atoms with Crippen LogP contribution in [0.15, 0.2) is 36.4 Å². The number of aryl methyl sites for hydroxylation is 2. The van der Waals surface area contributed by atoms with E-state index in [4.69, 9.17) is 0 Å². The maximum atomic E-state index is 12.5. The molecule has 0 saturated carbocycles. The second kappa shape index (κ2) is 5.66. The number of phenols is 1. The first-order valence-corrected chi connectivity index (χ1v) is 8.54. The van der Waals surface area contributed by atoms with Crippen molar-refractivity contribution in [3.63, 3.8) is 0 Å². The average Bonchev–Trinajstić information content (AvgIpc) is 2.97. The van der Waals surface area contributed by atoms with Gasteiger partial charge in [-0.3, -0.25) is 10.1 Å². The number of aromatic hydroxyl groups is 1. The first-order valence-electron chi connectivity index (χ1n) is 7.73. The fourth-order valence-electron chi connectivity index (χ4n) is 3.01. The van der Waals surface area contributed by atoms with Crippen LogP contribution in [-0.2, 0) is 12.8 Å². The van der Waals surface area contributed by atoms with Gasteiger partial charge >= 0.3 is 0 Å². The van der Waals surface area contributed by atoms with Gasteiger partial charge in [-0.15, -0.1) is 11.3 Å². The molecule has 0 aliphatic heterocycles. The van der Waals surface area contributed by atoms with E-state index in [9.17, 15) is 9.90 Å². The van der Waals surface area contributed by atoms with E-state index in [1.165, 1.54) is 11.3 Å². The van der Waals surface area contributed by atoms with Gasteiger partial charge in [-0.2, -0.15) is 0 Å². The van der Waals surface area contributed by atoms with Crippen LogP contribution < -0.4 is 5.32 Å². The summed E-state index contributed by atoms with van der Waals surface area (Å²) in [6.07, 6.45) is 4.39. The van der Waals surface area contributed by atoms with E-state index in [0.29, 0.717) is 10.5 Å². The zero-order valence-electron chi connectivity index (χ0n) is 12.5. The lowest BCUT2D eigenvalue weighted by atomic mass is 10.0. The number of hydrogen-bond acceptors (Lipinski definition) is 4. The van der Waals surface area contributed by atoms with Crippen molar-refractivity contribution in [3.05, 3.63) is 52.5 Å². The molecule has 3 aromatic rings. The molecule has 4 rings (SSSR count). The number of phenolic OH excluding ortho intramolecular Hbond substituents is 1. The molecule has 1 aromatic heterocycles. The molecule has 1 aliphatic rings. The number of hydrogen-bond donors (Lipinski definition) is 2. The van der Waals surface area contributed by atoms with E-state index in [1.54, 1.807) is 17.4 Å². The second-order valence-corrected chi connectivity index (χ2v) is 6.82. The summed E-state index contributed by atoms with van der Waals surface area (Å²) < 4.78 is 0. The van der Waals surface area contributed by atoms with Gasteiger partial charge in [0.2, 0.25) is 0 Å². The highest BCUT2D eigenvalue weighted by Gasteiger charge is 2.19. The van der Waals surface area contributed by atoms with Crippen LogP contribution in [0.25, 0.3) is 10.8 Å². The molecule has 4 nitrogen and oxygen atoms in total. The highest BCUT2D eigenvalue weighted by molar-refractivity contribution is 7.15. The van der Waals surface area contributed by atoms with E-state index in [1.807, 2.05) is 30.3 Å². The van der Waals surface area contributed by atoms with Crippen molar-refractivity contribution < 1.29 is 9.90 Å². The average molecular weight is 324 g/mol. The SMILES string of the molecule is O=C(Nc1nc2c(s1)CCCC2)c1ccc2ccccc2c1O. The fraction of sp³-hybridized carbons (Fsp3) is 0.222. The molecule has 0 saturated heterocycles. The van der Waals surface area contributed by atoms with Crippen LogP contribution in [0.3, 0.4) is 0 Å². The highest BCUT2D eigenvalue weighted by atomic mass is 32.1. The summed E-state index contributed by atoms with van der Waals surface area (Å²) >= 11 is 1.54. The maximum Gasteiger partial charge on any atom is 0.261 e. The quantitative estimate of drug-likeness (QED) is 0.745. The Kier molecular flexibility index (Phi) is 3.50. The number of nitrogens with zero attached hydrogens (tertiary/aromatic N) is 1. The standard InChI is InChI=1S/C18H16N2O2S/c21-16-12-6-2-1-5-11(12)9-10-13(16)17(22)20-18-19-14-7-3-4-8-15(14)23-18/h1-2,5-6,9-10,21H,3-4,7-8H2,(H,19,20,22). The van der Waals surface area contributed by atoms with Gasteiger partial charge in [0.25, 0.3) is 5.91 Å². The van der Waals surface area contributed by atoms with Crippen LogP contribution in [0.2, 0.25) is 0 Å². The predicted octanol–water partition coefficient (Wildman–Crippen LogP) is 4.13. The molecule has 2 N–H and O–H groups in total. The highest BCUT2D eigenvalue weighted by Crippen LogP contribution is 2.32. The number of carbonyl (C=O) groups is 1. The lowest BCUT2D eigenvalue weighted by Crippen LogP contribution is -2.12. The smallest absolute Gasteiger partial charge is 0.261 e. The number of fused-ring (bicyclic) bond motifs is 2. The monoisotopic (exact) mass is 324 g/mol. The molecule has 116 valence electrons. The first-order chi connectivity index (χ1) is 11.2. The van der Waals surface area contributed by atoms with Gasteiger partial charge in [0.15, 0.2) is 5.13 Å². The minimum absolute atomic E-state index is 0.0157. The molecule has 0 unspecified atom stereocenters. The van der Waals surface area contributed by atoms with E-state index < -0.39 is 0 Å². The van der Waals surface area contributed by atoms with Crippen LogP contribution in [0.5, 0.6) is 5.75 Å². The van der Waals surface area contributed by atoms with Crippen molar-refractivity contribution >= 4 is 33.1 Å². The number of carbonyl (C=O) groups excluding carboxylic acids is 1. The molecule has 0 atom stereocenters. The van der Waals surface area contributed by atoms with Crippen LogP contribution in [0, 0.1) is 0 Å². The summed E-state index contributed by atoms with van der Waals surface area (Å²) in [4.78, 5) is 18.3. The Hall–Kier alpha value is -2.40. The van der Waals surface area contributed by atoms with E-state index >= 15 is 0 Å². The Bertz CT molecular complexity index is 878. The third kappa shape index (κ3) is 2.57. The normalized spacial score (nSPS) is 13.7. The Morgan fingerprint density at radius 1 is 1.13 bits per heavy atom. The number of aromatic nitrogens is 1. The fourth-order valence-corrected chi connectivity index (χ4v) is 4.05. The summed E-state index contributed by atoms with van der Waals surface area (Å²) in [7, 11) is 0. The van der Waals surface area contributed by atoms with Crippen molar-refractivity contribution in [1.29, 1.82) is 0 Å². The molecule has 0 fully saturated rings. The van der Waals surface area contributed by atoms with Crippen LogP contribution in [0.1, 0.15) is 33.8 Å². The topological polar surface area (TPSA) is 62.2 Å². The summed E-state index contributed by atoms with van der Waals surface area (Å²) in [5.41, 5.74) is 1.39. The number of rotatable bonds is 2. The van der Waals surface area contributed by atoms with Crippen molar-refractivity contribution in [1.82, 2.24) is 4.98 Å². The minimum Gasteiger partial charge on any atom is -0.506 e. The third-order valence-electron chi connectivity index (χ3n) is 4.21. The lowest BCUT2D eigenvalue weighted by molar-refractivity contribution is 0.102. The van der Waals surface area contributed by atoms with Gasteiger partial charge in [-0.05, 0) is 37.1 Å². The van der Waals surface area contributed by atoms with Crippen LogP contribution >= 0.6 is 11.3 Å². The minimum atomic E-state index is -0.320. The third-order valence-corrected chi connectivity index (χ3v) is 5.28. The molecule has 0 radical (unpaired) electrons. The van der Waals surface area contributed by atoms with Gasteiger partial charge < -0.3 is 5.11 Å². The predicted molar refractivity (Wildman–Crippen MR) is 92.3 cm³/mol. The zero-order valence-corrected chi connectivity index (χ0v) is 13.3. The molecule has 5 heteroatoms. The van der Waals surface area contributed by atoms with Gasteiger partial charge in [0.05, 0.1) is 11.3 Å². The van der Waals surface area contributed by atoms with Crippen molar-refractivity contribution in [3.8, 4) is 5.75 Å². The van der Waals surface area contributed by atoms with Crippen LogP contribution in [0.4, 0.5) is 5.13 Å². The second-order valence-electron chi connectivity index (χ2n) is 5.73. The summed E-state index contributed by atoms with van der Waals surface area (Å²) in [5, 5.41) is 15.4. The Labute approximate surface area is 137 Å². The van der Waals surface area contributed by atoms with Gasteiger partial charge in [-0.1, -0.05) is 30.3 Å². The molecule has 23 heavy (non-hydrogen) atoms. The van der Waals surface area contributed by atoms with Crippen molar-refractivity contribution in [2.45, 2.75) is 25.7 Å². The van der Waals surface area contributed by atoms with E-state index in [2.05, 4.69) is 10.3 Å². The number of anilines is 1. The Morgan fingerprint density at radius 2 is 1.96 bits per heavy atom. The molecule has 1 aliphatic carbocycles. The largest absolute Gasteiger partial charge is 0.506 e. The van der Waals surface area contributed by atoms with E-state index in [-0.39, 0.29) is 17.2 Å². The molecular formula is C18H16N2O2S. The number of thiazole rings is 1. The maximum absolute atomic E-state index is 12.5. The van der Waals surface area contributed by atoms with E-state index in [0.717, 1.165) is 30.3 Å². The summed E-state index contributed by atoms with van der Waals surface area (Å²) in [6, 6.07) is 11.0. The molecule has 2 aromatic carbocycles. The summed E-state index contributed by atoms with van der Waals surface area (Å²) in [5.74, 6) is -0.304. The first kappa shape index (κ1) is 14.2. The molecular weight excluding hydrogens is 308 g/mol. The molecule has 1 amide bonds. The van der Waals surface area contributed by atoms with Gasteiger partial charge in [0.1, 0.15) is 5.75 Å². The number of benzene rings is 2. The molecule has 0 spiro atoms. The summed E-state index contributed by atoms with van der Waals surface area (Å²) in [6.45, 7) is 0. The molecule has 0 bridgehead atoms. The number of nitrogens with one attached hydrogen (secondary N) is 1. The van der Waals surface area contributed by atoms with Gasteiger partial charge in [-0.25, -0.2) is 4.98 Å². The number of amides is 1.